The molecule has 0 N–H and O–H groups in total. The van der Waals surface area contributed by atoms with Crippen molar-refractivity contribution < 1.29 is 13.2 Å². The Morgan fingerprint density at radius 1 is 1.29 bits per heavy atom. The number of aryl methyl sites for hydroxylation is 1. The minimum absolute atomic E-state index is 0.0283. The second kappa shape index (κ2) is 3.75. The lowest BCUT2D eigenvalue weighted by Crippen LogP contribution is -2.10. The molecule has 0 atom stereocenters. The molecule has 0 amide bonds. The van der Waals surface area contributed by atoms with E-state index in [1.165, 1.54) is 16.7 Å². The van der Waals surface area contributed by atoms with E-state index in [1.807, 2.05) is 13.8 Å². The molecule has 0 spiro atoms. The quantitative estimate of drug-likeness (QED) is 0.743. The number of halogens is 3. The summed E-state index contributed by atoms with van der Waals surface area (Å²) < 4.78 is 40.2. The van der Waals surface area contributed by atoms with Gasteiger partial charge in [0.2, 0.25) is 0 Å². The van der Waals surface area contributed by atoms with Crippen LogP contribution in [0, 0.1) is 6.92 Å². The molecule has 5 heteroatoms. The van der Waals surface area contributed by atoms with Crippen LogP contribution in [0.4, 0.5) is 13.2 Å². The van der Waals surface area contributed by atoms with Gasteiger partial charge in [0.1, 0.15) is 5.65 Å². The first-order chi connectivity index (χ1) is 7.80. The van der Waals surface area contributed by atoms with Crippen molar-refractivity contribution in [3.8, 4) is 0 Å². The molecule has 0 aliphatic rings. The predicted molar refractivity (Wildman–Crippen MR) is 59.0 cm³/mol. The molecule has 0 fully saturated rings. The van der Waals surface area contributed by atoms with E-state index in [2.05, 4.69) is 4.98 Å². The highest BCUT2D eigenvalue weighted by molar-refractivity contribution is 5.52. The summed E-state index contributed by atoms with van der Waals surface area (Å²) in [5, 5.41) is 0. The van der Waals surface area contributed by atoms with Gasteiger partial charge in [-0.05, 0) is 24.5 Å². The maximum Gasteiger partial charge on any atom is 0.419 e. The Morgan fingerprint density at radius 3 is 2.47 bits per heavy atom. The van der Waals surface area contributed by atoms with Crippen LogP contribution in [0.5, 0.6) is 0 Å². The maximum atomic E-state index is 12.9. The van der Waals surface area contributed by atoms with Crippen LogP contribution in [0.25, 0.3) is 5.65 Å². The lowest BCUT2D eigenvalue weighted by molar-refractivity contribution is -0.136. The highest BCUT2D eigenvalue weighted by Crippen LogP contribution is 2.34. The Kier molecular flexibility index (Phi) is 2.64. The highest BCUT2D eigenvalue weighted by Gasteiger charge is 2.34. The van der Waals surface area contributed by atoms with E-state index in [4.69, 9.17) is 0 Å². The second-order valence-corrected chi connectivity index (χ2v) is 4.43. The zero-order chi connectivity index (χ0) is 12.8. The third-order valence-electron chi connectivity index (χ3n) is 2.78. The molecule has 0 bridgehead atoms. The molecule has 0 aliphatic heterocycles. The number of fused-ring (bicyclic) bond motifs is 1. The average Bonchev–Trinajstić information content (AvgIpc) is 2.58. The van der Waals surface area contributed by atoms with Crippen molar-refractivity contribution in [3.63, 3.8) is 0 Å². The number of nitrogens with zero attached hydrogens (tertiary/aromatic N) is 2. The fourth-order valence-electron chi connectivity index (χ4n) is 1.75. The summed E-state index contributed by atoms with van der Waals surface area (Å²) in [5.74, 6) is 0.0438. The summed E-state index contributed by atoms with van der Waals surface area (Å²) in [6.45, 7) is 5.48. The molecular formula is C12H13F3N2. The van der Waals surface area contributed by atoms with Crippen molar-refractivity contribution in [2.45, 2.75) is 32.9 Å². The Balaban J connectivity index is 2.80. The third kappa shape index (κ3) is 2.01. The van der Waals surface area contributed by atoms with Crippen molar-refractivity contribution in [1.29, 1.82) is 0 Å². The third-order valence-corrected chi connectivity index (χ3v) is 2.78. The van der Waals surface area contributed by atoms with Gasteiger partial charge in [0.15, 0.2) is 0 Å². The van der Waals surface area contributed by atoms with Crippen molar-refractivity contribution in [3.05, 3.63) is 35.3 Å². The number of aromatic nitrogens is 2. The van der Waals surface area contributed by atoms with Gasteiger partial charge in [-0.2, -0.15) is 13.2 Å². The van der Waals surface area contributed by atoms with Crippen LogP contribution in [0.15, 0.2) is 18.5 Å². The molecular weight excluding hydrogens is 229 g/mol. The minimum Gasteiger partial charge on any atom is -0.304 e. The highest BCUT2D eigenvalue weighted by atomic mass is 19.4. The zero-order valence-corrected chi connectivity index (χ0v) is 9.84. The first-order valence-electron chi connectivity index (χ1n) is 5.35. The molecule has 0 aromatic carbocycles. The largest absolute Gasteiger partial charge is 0.419 e. The van der Waals surface area contributed by atoms with E-state index >= 15 is 0 Å². The Morgan fingerprint density at radius 2 is 1.94 bits per heavy atom. The molecule has 0 aliphatic carbocycles. The van der Waals surface area contributed by atoms with Gasteiger partial charge >= 0.3 is 6.18 Å². The van der Waals surface area contributed by atoms with Crippen LogP contribution in [0.2, 0.25) is 0 Å². The fraction of sp³-hybridized carbons (Fsp3) is 0.417. The molecule has 0 unspecified atom stereocenters. The van der Waals surface area contributed by atoms with Crippen LogP contribution in [0.1, 0.15) is 36.6 Å². The fourth-order valence-corrected chi connectivity index (χ4v) is 1.75. The molecule has 92 valence electrons. The second-order valence-electron chi connectivity index (χ2n) is 4.43. The zero-order valence-electron chi connectivity index (χ0n) is 9.84. The molecule has 17 heavy (non-hydrogen) atoms. The van der Waals surface area contributed by atoms with Gasteiger partial charge < -0.3 is 4.40 Å². The van der Waals surface area contributed by atoms with Crippen LogP contribution < -0.4 is 0 Å². The summed E-state index contributed by atoms with van der Waals surface area (Å²) in [6.07, 6.45) is -1.20. The summed E-state index contributed by atoms with van der Waals surface area (Å²) in [5.41, 5.74) is 0.662. The van der Waals surface area contributed by atoms with E-state index < -0.39 is 11.7 Å². The summed E-state index contributed by atoms with van der Waals surface area (Å²) in [6, 6.07) is 1.19. The number of rotatable bonds is 1. The van der Waals surface area contributed by atoms with Crippen molar-refractivity contribution in [2.75, 3.05) is 0 Å². The molecule has 0 saturated heterocycles. The molecule has 0 radical (unpaired) electrons. The number of hydrogen-bond acceptors (Lipinski definition) is 1. The van der Waals surface area contributed by atoms with Crippen LogP contribution in [-0.4, -0.2) is 9.38 Å². The first kappa shape index (κ1) is 12.0. The number of hydrogen-bond donors (Lipinski definition) is 0. The average molecular weight is 242 g/mol. The number of pyridine rings is 1. The van der Waals surface area contributed by atoms with Crippen LogP contribution >= 0.6 is 0 Å². The van der Waals surface area contributed by atoms with E-state index in [-0.39, 0.29) is 11.6 Å². The van der Waals surface area contributed by atoms with Crippen molar-refractivity contribution in [1.82, 2.24) is 9.38 Å². The molecule has 2 heterocycles. The molecule has 2 rings (SSSR count). The van der Waals surface area contributed by atoms with Crippen molar-refractivity contribution in [2.24, 2.45) is 0 Å². The minimum atomic E-state index is -4.37. The summed E-state index contributed by atoms with van der Waals surface area (Å²) >= 11 is 0. The van der Waals surface area contributed by atoms with Gasteiger partial charge in [0.25, 0.3) is 0 Å². The molecule has 0 saturated carbocycles. The monoisotopic (exact) mass is 242 g/mol. The van der Waals surface area contributed by atoms with Crippen LogP contribution in [-0.2, 0) is 6.18 Å². The molecule has 2 aromatic rings. The van der Waals surface area contributed by atoms with Crippen molar-refractivity contribution >= 4 is 5.65 Å². The summed E-state index contributed by atoms with van der Waals surface area (Å²) in [7, 11) is 0. The Hall–Kier alpha value is -1.52. The standard InChI is InChI=1S/C12H13F3N2/c1-7(2)9-4-10(12(13,14)15)11-16-5-8(3)17(11)6-9/h4-7H,1-3H3. The maximum absolute atomic E-state index is 12.9. The topological polar surface area (TPSA) is 17.3 Å². The molecule has 2 nitrogen and oxygen atoms in total. The van der Waals surface area contributed by atoms with E-state index in [0.717, 1.165) is 0 Å². The predicted octanol–water partition coefficient (Wildman–Crippen LogP) is 3.78. The van der Waals surface area contributed by atoms with E-state index in [0.29, 0.717) is 11.3 Å². The van der Waals surface area contributed by atoms with Gasteiger partial charge in [-0.15, -0.1) is 0 Å². The number of alkyl halides is 3. The van der Waals surface area contributed by atoms with Gasteiger partial charge in [0, 0.05) is 18.1 Å². The van der Waals surface area contributed by atoms with Gasteiger partial charge in [-0.1, -0.05) is 13.8 Å². The number of imidazole rings is 1. The first-order valence-corrected chi connectivity index (χ1v) is 5.35. The van der Waals surface area contributed by atoms with Crippen LogP contribution in [0.3, 0.4) is 0 Å². The van der Waals surface area contributed by atoms with Gasteiger partial charge in [0.05, 0.1) is 5.56 Å². The Labute approximate surface area is 97.1 Å². The van der Waals surface area contributed by atoms with Gasteiger partial charge in [-0.3, -0.25) is 0 Å². The lowest BCUT2D eigenvalue weighted by atomic mass is 10.0. The summed E-state index contributed by atoms with van der Waals surface area (Å²) in [4.78, 5) is 3.83. The Bertz CT molecular complexity index is 553. The lowest BCUT2D eigenvalue weighted by Gasteiger charge is -2.13. The smallest absolute Gasteiger partial charge is 0.304 e. The SMILES string of the molecule is Cc1cnc2c(C(F)(F)F)cc(C(C)C)cn12. The van der Waals surface area contributed by atoms with E-state index in [9.17, 15) is 13.2 Å². The molecule has 2 aromatic heterocycles. The van der Waals surface area contributed by atoms with Gasteiger partial charge in [-0.25, -0.2) is 4.98 Å². The normalized spacial score (nSPS) is 12.6. The van der Waals surface area contributed by atoms with E-state index in [1.54, 1.807) is 13.1 Å².